The highest BCUT2D eigenvalue weighted by molar-refractivity contribution is 5.99. The Morgan fingerprint density at radius 3 is 2.27 bits per heavy atom. The third-order valence-electron chi connectivity index (χ3n) is 8.32. The van der Waals surface area contributed by atoms with Crippen molar-refractivity contribution in [1.82, 2.24) is 26.2 Å². The zero-order valence-corrected chi connectivity index (χ0v) is 29.4. The highest BCUT2D eigenvalue weighted by Crippen LogP contribution is 2.40. The molecule has 4 bridgehead atoms. The molecule has 8 N–H and O–H groups in total. The topological polar surface area (TPSA) is 231 Å². The number of ether oxygens (including phenoxy) is 2. The number of benzene rings is 3. The van der Waals surface area contributed by atoms with Gasteiger partial charge in [0.25, 0.3) is 5.91 Å². The van der Waals surface area contributed by atoms with Crippen LogP contribution in [0.25, 0.3) is 11.1 Å². The van der Waals surface area contributed by atoms with E-state index in [0.29, 0.717) is 39.3 Å². The molecule has 0 aromatic heterocycles. The van der Waals surface area contributed by atoms with Crippen molar-refractivity contribution in [3.63, 3.8) is 0 Å². The Kier molecular flexibility index (Phi) is 13.7. The lowest BCUT2D eigenvalue weighted by Gasteiger charge is -2.29. The van der Waals surface area contributed by atoms with Crippen LogP contribution in [-0.4, -0.2) is 93.5 Å². The Hall–Kier alpha value is -5.98. The number of hydrogen-bond donors (Lipinski definition) is 6. The molecule has 15 heteroatoms. The molecule has 3 aromatic carbocycles. The van der Waals surface area contributed by atoms with Gasteiger partial charge < -0.3 is 47.1 Å². The Morgan fingerprint density at radius 2 is 1.62 bits per heavy atom. The average Bonchev–Trinajstić information content (AvgIpc) is 3.13. The van der Waals surface area contributed by atoms with Gasteiger partial charge >= 0.3 is 0 Å². The lowest BCUT2D eigenvalue weighted by Crippen LogP contribution is -2.52. The third-order valence-corrected chi connectivity index (χ3v) is 8.32. The first-order valence-corrected chi connectivity index (χ1v) is 16.7. The Morgan fingerprint density at radius 1 is 0.942 bits per heavy atom. The van der Waals surface area contributed by atoms with Crippen LogP contribution in [-0.2, 0) is 25.6 Å². The van der Waals surface area contributed by atoms with Gasteiger partial charge in [0.15, 0.2) is 0 Å². The van der Waals surface area contributed by atoms with E-state index in [0.717, 1.165) is 11.1 Å². The highest BCUT2D eigenvalue weighted by Gasteiger charge is 2.31. The first-order chi connectivity index (χ1) is 25.0. The number of amides is 5. The summed E-state index contributed by atoms with van der Waals surface area (Å²) in [4.78, 5) is 67.9. The Bertz CT molecular complexity index is 1860. The minimum absolute atomic E-state index is 0.0352. The van der Waals surface area contributed by atoms with Crippen molar-refractivity contribution in [2.45, 2.75) is 32.4 Å². The highest BCUT2D eigenvalue weighted by atomic mass is 16.5. The predicted octanol–water partition coefficient (Wildman–Crippen LogP) is 0.372. The van der Waals surface area contributed by atoms with Crippen molar-refractivity contribution in [2.75, 3.05) is 53.0 Å². The molecular weight excluding hydrogens is 668 g/mol. The number of nitrogens with two attached hydrogens (primary N) is 2. The van der Waals surface area contributed by atoms with Crippen LogP contribution in [0, 0.1) is 25.2 Å². The maximum atomic E-state index is 13.9. The number of nitrogens with one attached hydrogen (secondary N) is 4. The maximum Gasteiger partial charge on any atom is 0.251 e. The van der Waals surface area contributed by atoms with E-state index >= 15 is 0 Å². The zero-order chi connectivity index (χ0) is 37.8. The Balaban J connectivity index is 1.80. The third kappa shape index (κ3) is 9.83. The van der Waals surface area contributed by atoms with E-state index < -0.39 is 54.7 Å². The molecule has 0 spiro atoms. The van der Waals surface area contributed by atoms with Crippen LogP contribution in [0.5, 0.6) is 11.5 Å². The Labute approximate surface area is 302 Å². The number of hydrogen-bond acceptors (Lipinski definition) is 10. The number of carbonyl (C=O) groups excluding carboxylic acids is 5. The molecule has 4 rings (SSSR count). The standard InChI is InChI=1S/C37H44N8O7/c1-22-4-7-26(23(2)16-22)35(48)43-21-33(47)45(3)34-25-6-9-31(52-15-12-40)28(19-25)27-17-24(5-8-30(27)51-14-11-39)18-29(36(49)41-13-10-38)44-32(46)20-42-37(34)50/h4-9,16-17,19,29,34H,11-15,18,20-21,39-40H2,1-3H3,(H,41,49)(H,42,50)(H,43,48)(H,44,46)/t29-,34-/m0/s1. The number of nitrogens with zero attached hydrogens (tertiary/aromatic N) is 2. The molecule has 52 heavy (non-hydrogen) atoms. The summed E-state index contributed by atoms with van der Waals surface area (Å²) in [6, 6.07) is 15.0. The summed E-state index contributed by atoms with van der Waals surface area (Å²) in [7, 11) is 1.42. The van der Waals surface area contributed by atoms with E-state index in [4.69, 9.17) is 26.2 Å². The number of rotatable bonds is 12. The van der Waals surface area contributed by atoms with Crippen molar-refractivity contribution in [3.8, 4) is 28.7 Å². The number of carbonyl (C=O) groups is 5. The molecule has 274 valence electrons. The fourth-order valence-electron chi connectivity index (χ4n) is 5.78. The summed E-state index contributed by atoms with van der Waals surface area (Å²) in [6.45, 7) is 3.27. The maximum absolute atomic E-state index is 13.9. The van der Waals surface area contributed by atoms with Gasteiger partial charge in [-0.25, -0.2) is 0 Å². The molecule has 1 aliphatic heterocycles. The largest absolute Gasteiger partial charge is 0.492 e. The van der Waals surface area contributed by atoms with Gasteiger partial charge in [0.1, 0.15) is 43.3 Å². The average molecular weight is 713 g/mol. The lowest BCUT2D eigenvalue weighted by molar-refractivity contribution is -0.139. The molecule has 15 nitrogen and oxygen atoms in total. The van der Waals surface area contributed by atoms with Crippen LogP contribution in [0.3, 0.4) is 0 Å². The molecule has 0 radical (unpaired) electrons. The fourth-order valence-corrected chi connectivity index (χ4v) is 5.78. The smallest absolute Gasteiger partial charge is 0.251 e. The van der Waals surface area contributed by atoms with Gasteiger partial charge in [-0.05, 0) is 60.9 Å². The molecule has 1 aliphatic rings. The molecule has 3 aromatic rings. The summed E-state index contributed by atoms with van der Waals surface area (Å²) < 4.78 is 12.0. The van der Waals surface area contributed by atoms with Gasteiger partial charge in [-0.3, -0.25) is 24.0 Å². The second-order valence-electron chi connectivity index (χ2n) is 12.2. The van der Waals surface area contributed by atoms with Gasteiger partial charge in [0.05, 0.1) is 19.2 Å². The monoisotopic (exact) mass is 712 g/mol. The van der Waals surface area contributed by atoms with E-state index in [1.165, 1.54) is 11.9 Å². The van der Waals surface area contributed by atoms with Crippen LogP contribution >= 0.6 is 0 Å². The van der Waals surface area contributed by atoms with Crippen molar-refractivity contribution < 1.29 is 33.4 Å². The quantitative estimate of drug-likeness (QED) is 0.141. The second kappa shape index (κ2) is 18.3. The van der Waals surface area contributed by atoms with Crippen LogP contribution in [0.2, 0.25) is 0 Å². The molecule has 5 amide bonds. The minimum Gasteiger partial charge on any atom is -0.492 e. The normalized spacial score (nSPS) is 15.5. The van der Waals surface area contributed by atoms with Crippen LogP contribution in [0.15, 0.2) is 54.6 Å². The molecule has 0 unspecified atom stereocenters. The minimum atomic E-state index is -1.28. The van der Waals surface area contributed by atoms with Crippen LogP contribution in [0.4, 0.5) is 0 Å². The molecule has 0 fully saturated rings. The van der Waals surface area contributed by atoms with Crippen LogP contribution in [0.1, 0.15) is 38.7 Å². The van der Waals surface area contributed by atoms with Crippen molar-refractivity contribution in [2.24, 2.45) is 11.5 Å². The number of aryl methyl sites for hydroxylation is 2. The second-order valence-corrected chi connectivity index (χ2v) is 12.2. The zero-order valence-electron chi connectivity index (χ0n) is 29.4. The molecule has 0 saturated carbocycles. The van der Waals surface area contributed by atoms with E-state index in [1.54, 1.807) is 55.5 Å². The molecular formula is C37H44N8O7. The van der Waals surface area contributed by atoms with E-state index in [-0.39, 0.29) is 39.3 Å². The molecule has 2 atom stereocenters. The van der Waals surface area contributed by atoms with Crippen molar-refractivity contribution in [1.29, 1.82) is 5.26 Å². The number of nitriles is 1. The molecule has 0 saturated heterocycles. The van der Waals surface area contributed by atoms with Gasteiger partial charge in [-0.1, -0.05) is 29.8 Å². The molecule has 0 aliphatic carbocycles. The summed E-state index contributed by atoms with van der Waals surface area (Å²) >= 11 is 0. The summed E-state index contributed by atoms with van der Waals surface area (Å²) in [6.07, 6.45) is 0.0352. The van der Waals surface area contributed by atoms with Crippen LogP contribution < -0.4 is 42.2 Å². The number of fused-ring (bicyclic) bond motifs is 5. The van der Waals surface area contributed by atoms with E-state index in [2.05, 4.69) is 21.3 Å². The van der Waals surface area contributed by atoms with Gasteiger partial charge in [0, 0.05) is 43.2 Å². The summed E-state index contributed by atoms with van der Waals surface area (Å²) in [5.41, 5.74) is 15.7. The summed E-state index contributed by atoms with van der Waals surface area (Å²) in [5, 5.41) is 19.4. The van der Waals surface area contributed by atoms with Crippen molar-refractivity contribution in [3.05, 3.63) is 82.4 Å². The predicted molar refractivity (Wildman–Crippen MR) is 192 cm³/mol. The number of likely N-dealkylation sites (N-methyl/N-ethyl adjacent to an activating group) is 1. The fraction of sp³-hybridized carbons (Fsp3) is 0.351. The lowest BCUT2D eigenvalue weighted by atomic mass is 9.93. The SMILES string of the molecule is Cc1ccc(C(=O)NCC(=O)N(C)[C@@H]2C(=O)NCC(=O)N[C@H](C(=O)NCC#N)Cc3ccc(OCCN)c(c3)-c3cc2ccc3OCCN)c(C)c1. The van der Waals surface area contributed by atoms with Gasteiger partial charge in [-0.2, -0.15) is 5.26 Å². The van der Waals surface area contributed by atoms with Gasteiger partial charge in [0.2, 0.25) is 23.6 Å². The first kappa shape index (κ1) is 38.8. The van der Waals surface area contributed by atoms with Crippen molar-refractivity contribution >= 4 is 29.5 Å². The van der Waals surface area contributed by atoms with E-state index in [9.17, 15) is 24.0 Å². The summed E-state index contributed by atoms with van der Waals surface area (Å²) in [5.74, 6) is -2.19. The van der Waals surface area contributed by atoms with E-state index in [1.807, 2.05) is 19.1 Å². The molecule has 1 heterocycles. The van der Waals surface area contributed by atoms with Gasteiger partial charge in [-0.15, -0.1) is 0 Å². The first-order valence-electron chi connectivity index (χ1n) is 16.7.